The van der Waals surface area contributed by atoms with Crippen molar-refractivity contribution >= 4 is 16.9 Å². The third-order valence-electron chi connectivity index (χ3n) is 4.04. The number of carbonyl (C=O) groups is 1. The SMILES string of the molecule is Cc1cc(=O)oc2cc(OCC(=O)N(C)Cc3ccc(F)cc3)ccc12. The van der Waals surface area contributed by atoms with Crippen LogP contribution in [0, 0.1) is 12.7 Å². The first-order valence-corrected chi connectivity index (χ1v) is 8.08. The molecule has 0 aliphatic heterocycles. The normalized spacial score (nSPS) is 10.7. The van der Waals surface area contributed by atoms with Gasteiger partial charge >= 0.3 is 5.63 Å². The molecule has 0 bridgehead atoms. The van der Waals surface area contributed by atoms with Crippen LogP contribution in [0.25, 0.3) is 11.0 Å². The van der Waals surface area contributed by atoms with Crippen LogP contribution >= 0.6 is 0 Å². The molecule has 0 fully saturated rings. The topological polar surface area (TPSA) is 59.8 Å². The lowest BCUT2D eigenvalue weighted by molar-refractivity contribution is -0.132. The highest BCUT2D eigenvalue weighted by molar-refractivity contribution is 5.81. The van der Waals surface area contributed by atoms with Crippen molar-refractivity contribution in [1.29, 1.82) is 0 Å². The summed E-state index contributed by atoms with van der Waals surface area (Å²) in [6.45, 7) is 2.03. The van der Waals surface area contributed by atoms with Gasteiger partial charge in [0.25, 0.3) is 5.91 Å². The van der Waals surface area contributed by atoms with E-state index in [1.807, 2.05) is 6.92 Å². The molecule has 0 aliphatic rings. The first kappa shape index (κ1) is 17.7. The molecule has 0 aliphatic carbocycles. The Bertz CT molecular complexity index is 995. The first-order valence-electron chi connectivity index (χ1n) is 8.08. The largest absolute Gasteiger partial charge is 0.484 e. The lowest BCUT2D eigenvalue weighted by Gasteiger charge is -2.17. The molecule has 26 heavy (non-hydrogen) atoms. The molecule has 0 radical (unpaired) electrons. The average molecular weight is 355 g/mol. The molecule has 1 aromatic heterocycles. The lowest BCUT2D eigenvalue weighted by atomic mass is 10.1. The molecule has 0 unspecified atom stereocenters. The maximum Gasteiger partial charge on any atom is 0.336 e. The number of hydrogen-bond donors (Lipinski definition) is 0. The number of hydrogen-bond acceptors (Lipinski definition) is 4. The van der Waals surface area contributed by atoms with Crippen LogP contribution in [0.4, 0.5) is 4.39 Å². The van der Waals surface area contributed by atoms with Crippen molar-refractivity contribution in [2.45, 2.75) is 13.5 Å². The van der Waals surface area contributed by atoms with Crippen molar-refractivity contribution in [1.82, 2.24) is 4.90 Å². The van der Waals surface area contributed by atoms with Gasteiger partial charge in [0.2, 0.25) is 0 Å². The molecule has 3 rings (SSSR count). The second kappa shape index (κ2) is 7.39. The van der Waals surface area contributed by atoms with Gasteiger partial charge in [-0.25, -0.2) is 9.18 Å². The number of aryl methyl sites for hydroxylation is 1. The van der Waals surface area contributed by atoms with Gasteiger partial charge in [-0.2, -0.15) is 0 Å². The summed E-state index contributed by atoms with van der Waals surface area (Å²) >= 11 is 0. The van der Waals surface area contributed by atoms with Crippen LogP contribution in [-0.2, 0) is 11.3 Å². The summed E-state index contributed by atoms with van der Waals surface area (Å²) in [5, 5.41) is 0.816. The average Bonchev–Trinajstić information content (AvgIpc) is 2.61. The zero-order valence-electron chi connectivity index (χ0n) is 14.5. The van der Waals surface area contributed by atoms with Gasteiger partial charge in [-0.05, 0) is 42.3 Å². The molecule has 0 saturated carbocycles. The second-order valence-corrected chi connectivity index (χ2v) is 6.07. The third-order valence-corrected chi connectivity index (χ3v) is 4.04. The summed E-state index contributed by atoms with van der Waals surface area (Å²) in [7, 11) is 1.65. The van der Waals surface area contributed by atoms with Gasteiger partial charge in [-0.3, -0.25) is 4.79 Å². The van der Waals surface area contributed by atoms with E-state index in [1.54, 1.807) is 37.4 Å². The number of nitrogens with zero attached hydrogens (tertiary/aromatic N) is 1. The summed E-state index contributed by atoms with van der Waals surface area (Å²) in [5.41, 5.74) is 1.63. The maximum atomic E-state index is 12.9. The van der Waals surface area contributed by atoms with Crippen LogP contribution < -0.4 is 10.4 Å². The minimum Gasteiger partial charge on any atom is -0.484 e. The Morgan fingerprint density at radius 1 is 1.15 bits per heavy atom. The van der Waals surface area contributed by atoms with Crippen molar-refractivity contribution in [3.8, 4) is 5.75 Å². The quantitative estimate of drug-likeness (QED) is 0.659. The molecule has 2 aromatic carbocycles. The summed E-state index contributed by atoms with van der Waals surface area (Å²) in [4.78, 5) is 25.2. The Hall–Kier alpha value is -3.15. The minimum absolute atomic E-state index is 0.154. The van der Waals surface area contributed by atoms with Gasteiger partial charge in [-0.1, -0.05) is 12.1 Å². The summed E-state index contributed by atoms with van der Waals surface area (Å²) < 4.78 is 23.6. The Kier molecular flexibility index (Phi) is 5.02. The zero-order valence-corrected chi connectivity index (χ0v) is 14.5. The minimum atomic E-state index is -0.428. The highest BCUT2D eigenvalue weighted by atomic mass is 19.1. The molecule has 0 atom stereocenters. The van der Waals surface area contributed by atoms with Crippen LogP contribution in [0.2, 0.25) is 0 Å². The molecule has 0 saturated heterocycles. The number of benzene rings is 2. The fourth-order valence-electron chi connectivity index (χ4n) is 2.60. The van der Waals surface area contributed by atoms with Crippen molar-refractivity contribution in [3.05, 3.63) is 75.9 Å². The van der Waals surface area contributed by atoms with E-state index < -0.39 is 5.63 Å². The fraction of sp³-hybridized carbons (Fsp3) is 0.200. The number of ether oxygens (including phenoxy) is 1. The van der Waals surface area contributed by atoms with Crippen LogP contribution in [0.15, 0.2) is 57.7 Å². The molecule has 0 N–H and O–H groups in total. The predicted molar refractivity (Wildman–Crippen MR) is 95.6 cm³/mol. The summed E-state index contributed by atoms with van der Waals surface area (Å²) in [5.74, 6) is -0.0980. The number of halogens is 1. The van der Waals surface area contributed by atoms with Crippen LogP contribution in [0.3, 0.4) is 0 Å². The Morgan fingerprint density at radius 2 is 1.88 bits per heavy atom. The highest BCUT2D eigenvalue weighted by Gasteiger charge is 2.11. The first-order chi connectivity index (χ1) is 12.4. The van der Waals surface area contributed by atoms with Gasteiger partial charge in [0.05, 0.1) is 0 Å². The number of fused-ring (bicyclic) bond motifs is 1. The second-order valence-electron chi connectivity index (χ2n) is 6.07. The van der Waals surface area contributed by atoms with E-state index in [9.17, 15) is 14.0 Å². The van der Waals surface area contributed by atoms with E-state index in [-0.39, 0.29) is 18.3 Å². The number of rotatable bonds is 5. The predicted octanol–water partition coefficient (Wildman–Crippen LogP) is 3.28. The Morgan fingerprint density at radius 3 is 2.62 bits per heavy atom. The van der Waals surface area contributed by atoms with Gasteiger partial charge in [0.1, 0.15) is 17.1 Å². The molecule has 1 heterocycles. The number of likely N-dealkylation sites (N-methyl/N-ethyl adjacent to an activating group) is 1. The molecule has 134 valence electrons. The third kappa shape index (κ3) is 4.08. The summed E-state index contributed by atoms with van der Waals surface area (Å²) in [6.07, 6.45) is 0. The van der Waals surface area contributed by atoms with Gasteiger partial charge in [0, 0.05) is 31.1 Å². The molecular weight excluding hydrogens is 337 g/mol. The molecule has 0 spiro atoms. The highest BCUT2D eigenvalue weighted by Crippen LogP contribution is 2.22. The molecule has 5 nitrogen and oxygen atoms in total. The van der Waals surface area contributed by atoms with E-state index in [2.05, 4.69) is 0 Å². The lowest BCUT2D eigenvalue weighted by Crippen LogP contribution is -2.30. The van der Waals surface area contributed by atoms with Crippen molar-refractivity contribution in [2.24, 2.45) is 0 Å². The van der Waals surface area contributed by atoms with Crippen molar-refractivity contribution < 1.29 is 18.3 Å². The van der Waals surface area contributed by atoms with Crippen molar-refractivity contribution in [2.75, 3.05) is 13.7 Å². The van der Waals surface area contributed by atoms with Crippen LogP contribution in [0.1, 0.15) is 11.1 Å². The van der Waals surface area contributed by atoms with Gasteiger partial charge in [0.15, 0.2) is 6.61 Å². The van der Waals surface area contributed by atoms with Crippen molar-refractivity contribution in [3.63, 3.8) is 0 Å². The van der Waals surface area contributed by atoms with Gasteiger partial charge in [-0.15, -0.1) is 0 Å². The van der Waals surface area contributed by atoms with Gasteiger partial charge < -0.3 is 14.1 Å². The van der Waals surface area contributed by atoms with Crippen LogP contribution in [0.5, 0.6) is 5.75 Å². The zero-order chi connectivity index (χ0) is 18.7. The molecular formula is C20H18FNO4. The molecule has 1 amide bonds. The van der Waals surface area contributed by atoms with E-state index in [0.717, 1.165) is 16.5 Å². The van der Waals surface area contributed by atoms with E-state index in [4.69, 9.17) is 9.15 Å². The summed E-state index contributed by atoms with van der Waals surface area (Å²) in [6, 6.07) is 12.5. The molecule has 6 heteroatoms. The van der Waals surface area contributed by atoms with E-state index in [1.165, 1.54) is 23.1 Å². The Labute approximate surface area is 149 Å². The molecule has 3 aromatic rings. The van der Waals surface area contributed by atoms with Crippen LogP contribution in [-0.4, -0.2) is 24.5 Å². The monoisotopic (exact) mass is 355 g/mol. The number of amides is 1. The Balaban J connectivity index is 1.64. The maximum absolute atomic E-state index is 12.9. The van der Waals surface area contributed by atoms with E-state index >= 15 is 0 Å². The number of carbonyl (C=O) groups excluding carboxylic acids is 1. The fourth-order valence-corrected chi connectivity index (χ4v) is 2.60. The van der Waals surface area contributed by atoms with E-state index in [0.29, 0.717) is 17.9 Å². The standard InChI is InChI=1S/C20H18FNO4/c1-13-9-20(24)26-18-10-16(7-8-17(13)18)25-12-19(23)22(2)11-14-3-5-15(21)6-4-14/h3-10H,11-12H2,1-2H3. The smallest absolute Gasteiger partial charge is 0.336 e.